The maximum Gasteiger partial charge on any atom is 0.350 e. The first-order valence-electron chi connectivity index (χ1n) is 11.5. The largest absolute Gasteiger partial charge is 0.350 e. The Kier molecular flexibility index (Phi) is 5.61. The highest BCUT2D eigenvalue weighted by Crippen LogP contribution is 2.39. The molecule has 4 aromatic rings. The summed E-state index contributed by atoms with van der Waals surface area (Å²) < 4.78 is 4.84. The third-order valence-corrected chi connectivity index (χ3v) is 6.08. The van der Waals surface area contributed by atoms with Crippen molar-refractivity contribution in [2.75, 3.05) is 6.54 Å². The van der Waals surface area contributed by atoms with E-state index in [2.05, 4.69) is 15.4 Å². The lowest BCUT2D eigenvalue weighted by atomic mass is 10.1. The molecule has 0 radical (unpaired) electrons. The van der Waals surface area contributed by atoms with E-state index in [9.17, 15) is 14.4 Å². The maximum absolute atomic E-state index is 13.1. The van der Waals surface area contributed by atoms with Crippen LogP contribution in [0.1, 0.15) is 47.6 Å². The van der Waals surface area contributed by atoms with E-state index in [0.717, 1.165) is 30.0 Å². The first kappa shape index (κ1) is 21.8. The van der Waals surface area contributed by atoms with Crippen LogP contribution >= 0.6 is 0 Å². The minimum Gasteiger partial charge on any atom is -0.350 e. The van der Waals surface area contributed by atoms with Crippen LogP contribution in [0.2, 0.25) is 0 Å². The SMILES string of the molecule is CCn1cc(C(=O)NCCn2nc(C3CC3)n(-c3ccccc3)c2=O)c(=O)c2ccc(C)nc21. The molecular weight excluding hydrogens is 432 g/mol. The lowest BCUT2D eigenvalue weighted by Crippen LogP contribution is -2.34. The van der Waals surface area contributed by atoms with Gasteiger partial charge in [-0.2, -0.15) is 5.10 Å². The number of carbonyl (C=O) groups is 1. The molecule has 0 saturated heterocycles. The van der Waals surface area contributed by atoms with Crippen LogP contribution in [0.4, 0.5) is 0 Å². The van der Waals surface area contributed by atoms with Crippen LogP contribution in [0.3, 0.4) is 0 Å². The maximum atomic E-state index is 13.1. The van der Waals surface area contributed by atoms with Crippen LogP contribution < -0.4 is 16.4 Å². The van der Waals surface area contributed by atoms with Crippen LogP contribution in [0, 0.1) is 6.92 Å². The number of fused-ring (bicyclic) bond motifs is 1. The van der Waals surface area contributed by atoms with Crippen molar-refractivity contribution < 1.29 is 4.79 Å². The molecule has 1 N–H and O–H groups in total. The van der Waals surface area contributed by atoms with Gasteiger partial charge in [-0.15, -0.1) is 0 Å². The average Bonchev–Trinajstić information content (AvgIpc) is 3.64. The number of pyridine rings is 2. The minimum atomic E-state index is -0.479. The lowest BCUT2D eigenvalue weighted by molar-refractivity contribution is 0.0950. The highest BCUT2D eigenvalue weighted by molar-refractivity contribution is 5.96. The number of aromatic nitrogens is 5. The summed E-state index contributed by atoms with van der Waals surface area (Å²) in [5.74, 6) is 0.560. The molecule has 0 bridgehead atoms. The summed E-state index contributed by atoms with van der Waals surface area (Å²) in [4.78, 5) is 43.3. The van der Waals surface area contributed by atoms with E-state index >= 15 is 0 Å². The van der Waals surface area contributed by atoms with Gasteiger partial charge >= 0.3 is 5.69 Å². The summed E-state index contributed by atoms with van der Waals surface area (Å²) in [5.41, 5.74) is 1.62. The number of nitrogens with zero attached hydrogens (tertiary/aromatic N) is 5. The van der Waals surface area contributed by atoms with Crippen molar-refractivity contribution in [1.29, 1.82) is 0 Å². The highest BCUT2D eigenvalue weighted by atomic mass is 16.2. The predicted molar refractivity (Wildman–Crippen MR) is 129 cm³/mol. The molecule has 0 atom stereocenters. The van der Waals surface area contributed by atoms with E-state index in [0.29, 0.717) is 17.6 Å². The third kappa shape index (κ3) is 3.93. The number of aryl methyl sites for hydroxylation is 2. The monoisotopic (exact) mass is 458 g/mol. The summed E-state index contributed by atoms with van der Waals surface area (Å²) >= 11 is 0. The summed E-state index contributed by atoms with van der Waals surface area (Å²) in [6, 6.07) is 12.9. The second-order valence-electron chi connectivity index (χ2n) is 8.55. The molecule has 1 saturated carbocycles. The zero-order chi connectivity index (χ0) is 23.8. The van der Waals surface area contributed by atoms with Crippen molar-refractivity contribution >= 4 is 16.9 Å². The van der Waals surface area contributed by atoms with E-state index in [4.69, 9.17) is 0 Å². The fourth-order valence-electron chi connectivity index (χ4n) is 4.13. The number of carbonyl (C=O) groups excluding carboxylic acids is 1. The quantitative estimate of drug-likeness (QED) is 0.458. The zero-order valence-corrected chi connectivity index (χ0v) is 19.2. The van der Waals surface area contributed by atoms with E-state index in [1.807, 2.05) is 44.2 Å². The van der Waals surface area contributed by atoms with Gasteiger partial charge in [0.15, 0.2) is 0 Å². The van der Waals surface area contributed by atoms with Gasteiger partial charge in [0.2, 0.25) is 5.43 Å². The van der Waals surface area contributed by atoms with Crippen LogP contribution in [0.25, 0.3) is 16.7 Å². The lowest BCUT2D eigenvalue weighted by Gasteiger charge is -2.11. The molecule has 34 heavy (non-hydrogen) atoms. The van der Waals surface area contributed by atoms with Crippen LogP contribution in [0.5, 0.6) is 0 Å². The molecule has 1 fully saturated rings. The van der Waals surface area contributed by atoms with Gasteiger partial charge in [0.25, 0.3) is 5.91 Å². The Balaban J connectivity index is 1.37. The van der Waals surface area contributed by atoms with Crippen molar-refractivity contribution in [1.82, 2.24) is 29.2 Å². The van der Waals surface area contributed by atoms with Crippen molar-refractivity contribution in [3.63, 3.8) is 0 Å². The molecule has 9 heteroatoms. The van der Waals surface area contributed by atoms with Crippen molar-refractivity contribution in [2.24, 2.45) is 0 Å². The Morgan fingerprint density at radius 1 is 1.12 bits per heavy atom. The number of benzene rings is 1. The van der Waals surface area contributed by atoms with Gasteiger partial charge in [-0.05, 0) is 51.0 Å². The minimum absolute atomic E-state index is 0.0563. The molecular formula is C25H26N6O3. The second kappa shape index (κ2) is 8.74. The zero-order valence-electron chi connectivity index (χ0n) is 19.2. The second-order valence-corrected chi connectivity index (χ2v) is 8.55. The van der Waals surface area contributed by atoms with Crippen molar-refractivity contribution in [2.45, 2.75) is 45.7 Å². The van der Waals surface area contributed by atoms with Gasteiger partial charge in [0, 0.05) is 30.9 Å². The van der Waals surface area contributed by atoms with Gasteiger partial charge in [0.05, 0.1) is 17.6 Å². The Hall–Kier alpha value is -4.01. The molecule has 174 valence electrons. The summed E-state index contributed by atoms with van der Waals surface area (Å²) in [5, 5.41) is 7.74. The van der Waals surface area contributed by atoms with E-state index in [-0.39, 0.29) is 35.7 Å². The fraction of sp³-hybridized carbons (Fsp3) is 0.320. The Bertz CT molecular complexity index is 1500. The van der Waals surface area contributed by atoms with Gasteiger partial charge in [-0.1, -0.05) is 18.2 Å². The van der Waals surface area contributed by atoms with Gasteiger partial charge in [-0.25, -0.2) is 19.0 Å². The summed E-state index contributed by atoms with van der Waals surface area (Å²) in [7, 11) is 0. The number of nitrogens with one attached hydrogen (secondary N) is 1. The first-order chi connectivity index (χ1) is 16.5. The smallest absolute Gasteiger partial charge is 0.350 e. The molecule has 0 aliphatic heterocycles. The number of hydrogen-bond acceptors (Lipinski definition) is 5. The molecule has 1 aromatic carbocycles. The molecule has 0 spiro atoms. The van der Waals surface area contributed by atoms with E-state index < -0.39 is 5.91 Å². The van der Waals surface area contributed by atoms with Gasteiger partial charge in [-0.3, -0.25) is 9.59 Å². The molecule has 1 amide bonds. The topological polar surface area (TPSA) is 104 Å². The normalized spacial score (nSPS) is 13.4. The molecule has 1 aliphatic carbocycles. The highest BCUT2D eigenvalue weighted by Gasteiger charge is 2.31. The number of amides is 1. The third-order valence-electron chi connectivity index (χ3n) is 6.08. The molecule has 5 rings (SSSR count). The first-order valence-corrected chi connectivity index (χ1v) is 11.5. The molecule has 0 unspecified atom stereocenters. The Morgan fingerprint density at radius 3 is 2.59 bits per heavy atom. The van der Waals surface area contributed by atoms with Crippen molar-refractivity contribution in [3.05, 3.63) is 86.5 Å². The number of para-hydroxylation sites is 1. The summed E-state index contributed by atoms with van der Waals surface area (Å²) in [6.07, 6.45) is 3.58. The predicted octanol–water partition coefficient (Wildman–Crippen LogP) is 2.38. The number of hydrogen-bond donors (Lipinski definition) is 1. The van der Waals surface area contributed by atoms with Crippen LogP contribution in [-0.2, 0) is 13.1 Å². The van der Waals surface area contributed by atoms with Gasteiger partial charge < -0.3 is 9.88 Å². The summed E-state index contributed by atoms with van der Waals surface area (Å²) in [6.45, 7) is 4.75. The average molecular weight is 459 g/mol. The fourth-order valence-corrected chi connectivity index (χ4v) is 4.13. The molecule has 9 nitrogen and oxygen atoms in total. The Labute approximate surface area is 195 Å². The molecule has 3 aromatic heterocycles. The molecule has 3 heterocycles. The molecule has 1 aliphatic rings. The Morgan fingerprint density at radius 2 is 1.88 bits per heavy atom. The van der Waals surface area contributed by atoms with Crippen LogP contribution in [0.15, 0.2) is 58.3 Å². The van der Waals surface area contributed by atoms with Crippen LogP contribution in [-0.4, -0.2) is 36.4 Å². The number of rotatable bonds is 7. The van der Waals surface area contributed by atoms with E-state index in [1.54, 1.807) is 27.5 Å². The van der Waals surface area contributed by atoms with Gasteiger partial charge in [0.1, 0.15) is 17.0 Å². The van der Waals surface area contributed by atoms with Crippen molar-refractivity contribution in [3.8, 4) is 5.69 Å². The standard InChI is InChI=1S/C25H26N6O3/c1-3-29-15-20(21(32)19-12-9-16(2)27-23(19)29)24(33)26-13-14-30-25(34)31(18-7-5-4-6-8-18)22(28-30)17-10-11-17/h4-9,12,15,17H,3,10-11,13-14H2,1-2H3,(H,26,33). The van der Waals surface area contributed by atoms with E-state index in [1.165, 1.54) is 4.68 Å².